The fourth-order valence-electron chi connectivity index (χ4n) is 2.04. The number of benzene rings is 1. The van der Waals surface area contributed by atoms with Crippen LogP contribution in [0.4, 0.5) is 5.13 Å². The van der Waals surface area contributed by atoms with E-state index in [0.717, 1.165) is 10.4 Å². The van der Waals surface area contributed by atoms with Crippen molar-refractivity contribution >= 4 is 28.3 Å². The minimum atomic E-state index is -0.261. The molecular formula is C17H19N3O2S. The molecule has 0 aliphatic carbocycles. The van der Waals surface area contributed by atoms with E-state index in [1.165, 1.54) is 16.2 Å². The third kappa shape index (κ3) is 5.34. The van der Waals surface area contributed by atoms with Gasteiger partial charge in [0.2, 0.25) is 11.8 Å². The second kappa shape index (κ2) is 8.24. The fourth-order valence-corrected chi connectivity index (χ4v) is 2.72. The van der Waals surface area contributed by atoms with Crippen LogP contribution in [0.15, 0.2) is 49.2 Å². The van der Waals surface area contributed by atoms with Gasteiger partial charge in [0.1, 0.15) is 6.54 Å². The van der Waals surface area contributed by atoms with Gasteiger partial charge in [-0.3, -0.25) is 9.59 Å². The molecule has 0 spiro atoms. The lowest BCUT2D eigenvalue weighted by Gasteiger charge is -2.20. The van der Waals surface area contributed by atoms with Crippen LogP contribution >= 0.6 is 11.3 Å². The maximum absolute atomic E-state index is 12.4. The second-order valence-electron chi connectivity index (χ2n) is 5.05. The summed E-state index contributed by atoms with van der Waals surface area (Å²) in [5.41, 5.74) is 0.919. The molecule has 0 saturated carbocycles. The maximum atomic E-state index is 12.4. The van der Waals surface area contributed by atoms with Gasteiger partial charge >= 0.3 is 0 Å². The minimum Gasteiger partial charge on any atom is -0.329 e. The van der Waals surface area contributed by atoms with Crippen molar-refractivity contribution in [2.75, 3.05) is 18.4 Å². The molecule has 23 heavy (non-hydrogen) atoms. The Hall–Kier alpha value is -2.47. The number of hydrogen-bond donors (Lipinski definition) is 1. The SMILES string of the molecule is C=CCN(CC(=O)Nc1ncc(C)s1)C(=O)Cc1ccccc1. The quantitative estimate of drug-likeness (QED) is 0.794. The van der Waals surface area contributed by atoms with E-state index in [4.69, 9.17) is 0 Å². The van der Waals surface area contributed by atoms with Crippen LogP contribution in [0.25, 0.3) is 0 Å². The molecule has 0 bridgehead atoms. The molecule has 2 amide bonds. The number of hydrogen-bond acceptors (Lipinski definition) is 4. The van der Waals surface area contributed by atoms with E-state index in [2.05, 4.69) is 16.9 Å². The fraction of sp³-hybridized carbons (Fsp3) is 0.235. The van der Waals surface area contributed by atoms with E-state index in [-0.39, 0.29) is 24.8 Å². The Morgan fingerprint density at radius 2 is 2.09 bits per heavy atom. The topological polar surface area (TPSA) is 62.3 Å². The number of amides is 2. The highest BCUT2D eigenvalue weighted by molar-refractivity contribution is 7.15. The minimum absolute atomic E-state index is 0.0175. The summed E-state index contributed by atoms with van der Waals surface area (Å²) in [6, 6.07) is 9.46. The van der Waals surface area contributed by atoms with Crippen molar-refractivity contribution in [3.8, 4) is 0 Å². The number of aryl methyl sites for hydroxylation is 1. The molecule has 2 aromatic rings. The van der Waals surface area contributed by atoms with E-state index in [1.807, 2.05) is 37.3 Å². The number of rotatable bonds is 7. The lowest BCUT2D eigenvalue weighted by atomic mass is 10.1. The molecule has 1 aromatic heterocycles. The molecular weight excluding hydrogens is 310 g/mol. The summed E-state index contributed by atoms with van der Waals surface area (Å²) < 4.78 is 0. The first-order chi connectivity index (χ1) is 11.1. The molecule has 0 atom stereocenters. The molecule has 0 unspecified atom stereocenters. The van der Waals surface area contributed by atoms with E-state index >= 15 is 0 Å². The Kier molecular flexibility index (Phi) is 6.05. The maximum Gasteiger partial charge on any atom is 0.245 e. The van der Waals surface area contributed by atoms with Gasteiger partial charge in [-0.05, 0) is 12.5 Å². The number of carbonyl (C=O) groups excluding carboxylic acids is 2. The van der Waals surface area contributed by atoms with E-state index in [0.29, 0.717) is 11.7 Å². The molecule has 0 saturated heterocycles. The summed E-state index contributed by atoms with van der Waals surface area (Å²) in [5.74, 6) is -0.371. The third-order valence-corrected chi connectivity index (χ3v) is 3.93. The summed E-state index contributed by atoms with van der Waals surface area (Å²) >= 11 is 1.40. The Labute approximate surface area is 139 Å². The first kappa shape index (κ1) is 16.9. The van der Waals surface area contributed by atoms with E-state index in [1.54, 1.807) is 12.3 Å². The molecule has 0 aliphatic heterocycles. The average Bonchev–Trinajstić information content (AvgIpc) is 2.92. The number of carbonyl (C=O) groups is 2. The Morgan fingerprint density at radius 3 is 2.70 bits per heavy atom. The Morgan fingerprint density at radius 1 is 1.35 bits per heavy atom. The van der Waals surface area contributed by atoms with Crippen molar-refractivity contribution in [2.45, 2.75) is 13.3 Å². The van der Waals surface area contributed by atoms with Gasteiger partial charge in [0.05, 0.1) is 6.42 Å². The zero-order valence-corrected chi connectivity index (χ0v) is 13.8. The molecule has 2 rings (SSSR count). The van der Waals surface area contributed by atoms with Gasteiger partial charge in [0.25, 0.3) is 0 Å². The van der Waals surface area contributed by atoms with Crippen molar-refractivity contribution in [1.82, 2.24) is 9.88 Å². The van der Waals surface area contributed by atoms with Gasteiger partial charge in [-0.25, -0.2) is 4.98 Å². The van der Waals surface area contributed by atoms with Crippen molar-refractivity contribution in [3.63, 3.8) is 0 Å². The average molecular weight is 329 g/mol. The van der Waals surface area contributed by atoms with Crippen molar-refractivity contribution < 1.29 is 9.59 Å². The predicted molar refractivity (Wildman–Crippen MR) is 92.4 cm³/mol. The molecule has 0 radical (unpaired) electrons. The molecule has 6 heteroatoms. The number of thiazole rings is 1. The van der Waals surface area contributed by atoms with E-state index < -0.39 is 0 Å². The van der Waals surface area contributed by atoms with Gasteiger partial charge in [-0.1, -0.05) is 36.4 Å². The first-order valence-corrected chi connectivity index (χ1v) is 8.05. The van der Waals surface area contributed by atoms with Crippen LogP contribution in [0.3, 0.4) is 0 Å². The highest BCUT2D eigenvalue weighted by Crippen LogP contribution is 2.16. The number of anilines is 1. The molecule has 1 aromatic carbocycles. The van der Waals surface area contributed by atoms with E-state index in [9.17, 15) is 9.59 Å². The van der Waals surface area contributed by atoms with Crippen LogP contribution in [0.1, 0.15) is 10.4 Å². The zero-order chi connectivity index (χ0) is 16.7. The summed E-state index contributed by atoms with van der Waals surface area (Å²) in [7, 11) is 0. The molecule has 1 heterocycles. The number of aromatic nitrogens is 1. The molecule has 1 N–H and O–H groups in total. The van der Waals surface area contributed by atoms with Crippen LogP contribution in [-0.4, -0.2) is 34.8 Å². The zero-order valence-electron chi connectivity index (χ0n) is 13.0. The van der Waals surface area contributed by atoms with Gasteiger partial charge in [0.15, 0.2) is 5.13 Å². The normalized spacial score (nSPS) is 10.1. The monoisotopic (exact) mass is 329 g/mol. The summed E-state index contributed by atoms with van der Waals surface area (Å²) in [4.78, 5) is 31.1. The summed E-state index contributed by atoms with van der Waals surface area (Å²) in [5, 5.41) is 3.25. The number of nitrogens with zero attached hydrogens (tertiary/aromatic N) is 2. The van der Waals surface area contributed by atoms with Crippen molar-refractivity contribution in [2.24, 2.45) is 0 Å². The predicted octanol–water partition coefficient (Wildman–Crippen LogP) is 2.65. The highest BCUT2D eigenvalue weighted by Gasteiger charge is 2.17. The van der Waals surface area contributed by atoms with Crippen LogP contribution in [0.2, 0.25) is 0 Å². The van der Waals surface area contributed by atoms with Gasteiger partial charge in [-0.15, -0.1) is 17.9 Å². The summed E-state index contributed by atoms with van der Waals surface area (Å²) in [6.45, 7) is 5.88. The Bertz CT molecular complexity index is 682. The van der Waals surface area contributed by atoms with Crippen LogP contribution in [0, 0.1) is 6.92 Å². The second-order valence-corrected chi connectivity index (χ2v) is 6.28. The van der Waals surface area contributed by atoms with Crippen molar-refractivity contribution in [3.05, 3.63) is 59.6 Å². The highest BCUT2D eigenvalue weighted by atomic mass is 32.1. The molecule has 5 nitrogen and oxygen atoms in total. The first-order valence-electron chi connectivity index (χ1n) is 7.23. The molecule has 120 valence electrons. The van der Waals surface area contributed by atoms with Crippen LogP contribution in [-0.2, 0) is 16.0 Å². The lowest BCUT2D eigenvalue weighted by Crippen LogP contribution is -2.39. The van der Waals surface area contributed by atoms with Gasteiger partial charge in [-0.2, -0.15) is 0 Å². The molecule has 0 fully saturated rings. The standard InChI is InChI=1S/C17H19N3O2S/c1-3-9-20(16(22)10-14-7-5-4-6-8-14)12-15(21)19-17-18-11-13(2)23-17/h3-8,11H,1,9-10,12H2,2H3,(H,18,19,21). The number of nitrogens with one attached hydrogen (secondary N) is 1. The van der Waals surface area contributed by atoms with Gasteiger partial charge < -0.3 is 10.2 Å². The lowest BCUT2D eigenvalue weighted by molar-refractivity contribution is -0.133. The van der Waals surface area contributed by atoms with Gasteiger partial charge in [0, 0.05) is 17.6 Å². The largest absolute Gasteiger partial charge is 0.329 e. The molecule has 0 aliphatic rings. The van der Waals surface area contributed by atoms with Crippen molar-refractivity contribution in [1.29, 1.82) is 0 Å². The van der Waals surface area contributed by atoms with Crippen LogP contribution in [0.5, 0.6) is 0 Å². The summed E-state index contributed by atoms with van der Waals surface area (Å²) in [6.07, 6.45) is 3.57. The smallest absolute Gasteiger partial charge is 0.245 e. The third-order valence-electron chi connectivity index (χ3n) is 3.10. The van der Waals surface area contributed by atoms with Crippen LogP contribution < -0.4 is 5.32 Å². The Balaban J connectivity index is 1.95.